The topological polar surface area (TPSA) is 83.8 Å². The Labute approximate surface area is 119 Å². The van der Waals surface area contributed by atoms with E-state index < -0.39 is 6.04 Å². The molecule has 5 heteroatoms. The Morgan fingerprint density at radius 1 is 1.45 bits per heavy atom. The second-order valence-corrected chi connectivity index (χ2v) is 6.07. The van der Waals surface area contributed by atoms with Crippen molar-refractivity contribution in [1.29, 1.82) is 0 Å². The predicted octanol–water partition coefficient (Wildman–Crippen LogP) is 2.54. The van der Waals surface area contributed by atoms with Crippen LogP contribution in [0.3, 0.4) is 0 Å². The van der Waals surface area contributed by atoms with Crippen molar-refractivity contribution in [1.82, 2.24) is 9.97 Å². The van der Waals surface area contributed by atoms with E-state index in [9.17, 15) is 4.79 Å². The molecule has 0 saturated heterocycles. The molecule has 2 aromatic rings. The molecule has 1 aromatic carbocycles. The van der Waals surface area contributed by atoms with Crippen LogP contribution in [0.1, 0.15) is 39.9 Å². The molecule has 1 aromatic heterocycles. The maximum absolute atomic E-state index is 11.8. The number of nitrogens with two attached hydrogens (primary N) is 1. The SMILES string of the molecule is CC[C@H](N)C(=O)Nc1ccc2nc(C(C)(C)C)[nH]c2c1. The number of carbonyl (C=O) groups excluding carboxylic acids is 1. The molecule has 1 atom stereocenters. The molecule has 1 amide bonds. The Morgan fingerprint density at radius 2 is 2.15 bits per heavy atom. The van der Waals surface area contributed by atoms with E-state index in [4.69, 9.17) is 5.73 Å². The van der Waals surface area contributed by atoms with Gasteiger partial charge in [0.05, 0.1) is 17.1 Å². The average molecular weight is 274 g/mol. The zero-order valence-corrected chi connectivity index (χ0v) is 12.4. The van der Waals surface area contributed by atoms with Crippen molar-refractivity contribution < 1.29 is 4.79 Å². The van der Waals surface area contributed by atoms with Crippen LogP contribution >= 0.6 is 0 Å². The minimum atomic E-state index is -0.474. The van der Waals surface area contributed by atoms with Crippen molar-refractivity contribution in [3.63, 3.8) is 0 Å². The van der Waals surface area contributed by atoms with Gasteiger partial charge in [0.2, 0.25) is 5.91 Å². The fourth-order valence-electron chi connectivity index (χ4n) is 1.86. The highest BCUT2D eigenvalue weighted by atomic mass is 16.2. The van der Waals surface area contributed by atoms with Crippen LogP contribution in [0.2, 0.25) is 0 Å². The van der Waals surface area contributed by atoms with Crippen LogP contribution in [-0.2, 0) is 10.2 Å². The molecule has 0 fully saturated rings. The fraction of sp³-hybridized carbons (Fsp3) is 0.467. The minimum absolute atomic E-state index is 0.0347. The first-order valence-corrected chi connectivity index (χ1v) is 6.88. The lowest BCUT2D eigenvalue weighted by Crippen LogP contribution is -2.34. The smallest absolute Gasteiger partial charge is 0.241 e. The van der Waals surface area contributed by atoms with E-state index in [-0.39, 0.29) is 11.3 Å². The summed E-state index contributed by atoms with van der Waals surface area (Å²) in [7, 11) is 0. The van der Waals surface area contributed by atoms with E-state index in [0.29, 0.717) is 6.42 Å². The molecular formula is C15H22N4O. The van der Waals surface area contributed by atoms with E-state index in [1.807, 2.05) is 25.1 Å². The molecule has 0 aliphatic rings. The fourth-order valence-corrected chi connectivity index (χ4v) is 1.86. The molecule has 0 aliphatic carbocycles. The predicted molar refractivity (Wildman–Crippen MR) is 81.7 cm³/mol. The van der Waals surface area contributed by atoms with Crippen molar-refractivity contribution in [2.75, 3.05) is 5.32 Å². The summed E-state index contributed by atoms with van der Waals surface area (Å²) in [5.41, 5.74) is 8.21. The Bertz CT molecular complexity index is 624. The van der Waals surface area contributed by atoms with E-state index in [1.54, 1.807) is 0 Å². The first kappa shape index (κ1) is 14.5. The van der Waals surface area contributed by atoms with Gasteiger partial charge in [-0.15, -0.1) is 0 Å². The van der Waals surface area contributed by atoms with Gasteiger partial charge in [-0.2, -0.15) is 0 Å². The standard InChI is InChI=1S/C15H22N4O/c1-5-10(16)13(20)17-9-6-7-11-12(8-9)19-14(18-11)15(2,3)4/h6-8,10H,5,16H2,1-4H3,(H,17,20)(H,18,19)/t10-/m0/s1. The quantitative estimate of drug-likeness (QED) is 0.804. The summed E-state index contributed by atoms with van der Waals surface area (Å²) in [6.07, 6.45) is 0.617. The average Bonchev–Trinajstić information content (AvgIpc) is 2.80. The number of nitrogens with zero attached hydrogens (tertiary/aromatic N) is 1. The number of hydrogen-bond donors (Lipinski definition) is 3. The molecule has 1 heterocycles. The second kappa shape index (κ2) is 5.25. The lowest BCUT2D eigenvalue weighted by molar-refractivity contribution is -0.117. The molecule has 0 radical (unpaired) electrons. The third kappa shape index (κ3) is 2.99. The number of amides is 1. The Balaban J connectivity index is 2.27. The lowest BCUT2D eigenvalue weighted by Gasteiger charge is -2.13. The van der Waals surface area contributed by atoms with E-state index in [0.717, 1.165) is 22.5 Å². The van der Waals surface area contributed by atoms with Gasteiger partial charge in [0.15, 0.2) is 0 Å². The molecule has 4 N–H and O–H groups in total. The zero-order chi connectivity index (χ0) is 14.9. The van der Waals surface area contributed by atoms with Gasteiger partial charge in [0, 0.05) is 11.1 Å². The number of nitrogens with one attached hydrogen (secondary N) is 2. The highest BCUT2D eigenvalue weighted by Crippen LogP contribution is 2.24. The largest absolute Gasteiger partial charge is 0.341 e. The number of H-pyrrole nitrogens is 1. The maximum atomic E-state index is 11.8. The van der Waals surface area contributed by atoms with Gasteiger partial charge < -0.3 is 16.0 Å². The lowest BCUT2D eigenvalue weighted by atomic mass is 9.96. The normalized spacial score (nSPS) is 13.4. The molecule has 0 unspecified atom stereocenters. The summed E-state index contributed by atoms with van der Waals surface area (Å²) in [6.45, 7) is 8.20. The highest BCUT2D eigenvalue weighted by molar-refractivity contribution is 5.96. The summed E-state index contributed by atoms with van der Waals surface area (Å²) in [4.78, 5) is 19.6. The first-order valence-electron chi connectivity index (χ1n) is 6.88. The summed E-state index contributed by atoms with van der Waals surface area (Å²) >= 11 is 0. The Hall–Kier alpha value is -1.88. The van der Waals surface area contributed by atoms with Crippen LogP contribution < -0.4 is 11.1 Å². The van der Waals surface area contributed by atoms with Gasteiger partial charge in [-0.1, -0.05) is 27.7 Å². The molecular weight excluding hydrogens is 252 g/mol. The van der Waals surface area contributed by atoms with Crippen LogP contribution in [0.25, 0.3) is 11.0 Å². The number of carbonyl (C=O) groups is 1. The first-order chi connectivity index (χ1) is 9.31. The number of fused-ring (bicyclic) bond motifs is 1. The van der Waals surface area contributed by atoms with Gasteiger partial charge in [-0.3, -0.25) is 4.79 Å². The molecule has 0 spiro atoms. The molecule has 108 valence electrons. The van der Waals surface area contributed by atoms with Crippen LogP contribution in [0, 0.1) is 0 Å². The third-order valence-electron chi connectivity index (χ3n) is 3.24. The Kier molecular flexibility index (Phi) is 3.81. The minimum Gasteiger partial charge on any atom is -0.341 e. The van der Waals surface area contributed by atoms with Gasteiger partial charge in [-0.25, -0.2) is 4.98 Å². The summed E-state index contributed by atoms with van der Waals surface area (Å²) < 4.78 is 0. The van der Waals surface area contributed by atoms with Crippen LogP contribution in [0.15, 0.2) is 18.2 Å². The van der Waals surface area contributed by atoms with Crippen molar-refractivity contribution in [2.45, 2.75) is 45.6 Å². The highest BCUT2D eigenvalue weighted by Gasteiger charge is 2.18. The molecule has 5 nitrogen and oxygen atoms in total. The molecule has 20 heavy (non-hydrogen) atoms. The van der Waals surface area contributed by atoms with E-state index in [2.05, 4.69) is 36.1 Å². The molecule has 0 saturated carbocycles. The van der Waals surface area contributed by atoms with Crippen LogP contribution in [0.4, 0.5) is 5.69 Å². The number of imidazole rings is 1. The third-order valence-corrected chi connectivity index (χ3v) is 3.24. The number of benzene rings is 1. The Morgan fingerprint density at radius 3 is 2.75 bits per heavy atom. The van der Waals surface area contributed by atoms with Crippen molar-refractivity contribution >= 4 is 22.6 Å². The number of aromatic nitrogens is 2. The second-order valence-electron chi connectivity index (χ2n) is 6.07. The van der Waals surface area contributed by atoms with Gasteiger partial charge >= 0.3 is 0 Å². The monoisotopic (exact) mass is 274 g/mol. The maximum Gasteiger partial charge on any atom is 0.241 e. The van der Waals surface area contributed by atoms with Crippen molar-refractivity contribution in [3.05, 3.63) is 24.0 Å². The van der Waals surface area contributed by atoms with Crippen LogP contribution in [0.5, 0.6) is 0 Å². The molecule has 0 aliphatic heterocycles. The number of anilines is 1. The summed E-state index contributed by atoms with van der Waals surface area (Å²) in [5.74, 6) is 0.767. The number of aromatic amines is 1. The van der Waals surface area contributed by atoms with Gasteiger partial charge in [0.1, 0.15) is 5.82 Å². The van der Waals surface area contributed by atoms with Crippen molar-refractivity contribution in [2.24, 2.45) is 5.73 Å². The molecule has 2 rings (SSSR count). The summed E-state index contributed by atoms with van der Waals surface area (Å²) in [5, 5.41) is 2.82. The molecule has 0 bridgehead atoms. The van der Waals surface area contributed by atoms with E-state index in [1.165, 1.54) is 0 Å². The number of rotatable bonds is 3. The van der Waals surface area contributed by atoms with Gasteiger partial charge in [0.25, 0.3) is 0 Å². The van der Waals surface area contributed by atoms with Crippen molar-refractivity contribution in [3.8, 4) is 0 Å². The van der Waals surface area contributed by atoms with Gasteiger partial charge in [-0.05, 0) is 24.6 Å². The van der Waals surface area contributed by atoms with E-state index >= 15 is 0 Å². The zero-order valence-electron chi connectivity index (χ0n) is 12.4. The van der Waals surface area contributed by atoms with Crippen LogP contribution in [-0.4, -0.2) is 21.9 Å². The summed E-state index contributed by atoms with van der Waals surface area (Å²) in [6, 6.07) is 5.15. The number of hydrogen-bond acceptors (Lipinski definition) is 3.